The Morgan fingerprint density at radius 3 is 3.23 bits per heavy atom. The summed E-state index contributed by atoms with van der Waals surface area (Å²) in [6, 6.07) is 1.48. The lowest BCUT2D eigenvalue weighted by atomic mass is 10.5. The maximum atomic E-state index is 11.0. The second-order valence-corrected chi connectivity index (χ2v) is 3.97. The van der Waals surface area contributed by atoms with Crippen LogP contribution < -0.4 is 5.56 Å². The van der Waals surface area contributed by atoms with Crippen molar-refractivity contribution in [2.45, 2.75) is 18.2 Å². The highest BCUT2D eigenvalue weighted by Gasteiger charge is 2.22. The number of nitrogens with one attached hydrogen (secondary N) is 1. The summed E-state index contributed by atoms with van der Waals surface area (Å²) >= 11 is 1.53. The number of hydrogen-bond donors (Lipinski definition) is 1. The maximum Gasteiger partial charge on any atom is 0.251 e. The summed E-state index contributed by atoms with van der Waals surface area (Å²) in [5.41, 5.74) is 0.662. The van der Waals surface area contributed by atoms with Gasteiger partial charge in [0.25, 0.3) is 5.56 Å². The molecule has 1 N–H and O–H groups in total. The van der Waals surface area contributed by atoms with Crippen LogP contribution in [-0.2, 0) is 4.74 Å². The molecule has 0 saturated carbocycles. The number of hydrogen-bond acceptors (Lipinski definition) is 4. The van der Waals surface area contributed by atoms with Crippen molar-refractivity contribution >= 4 is 11.8 Å². The number of aromatic nitrogens is 2. The van der Waals surface area contributed by atoms with Crippen LogP contribution in [0.4, 0.5) is 0 Å². The summed E-state index contributed by atoms with van der Waals surface area (Å²) < 4.78 is 5.05. The fraction of sp³-hybridized carbons (Fsp3) is 0.500. The molecule has 1 fully saturated rings. The number of rotatable bonds is 3. The van der Waals surface area contributed by atoms with E-state index in [0.29, 0.717) is 11.3 Å². The molecule has 1 atom stereocenters. The SMILES string of the molecule is Cc1cc(=O)[nH]c(SC[C@@H]2CO2)n1. The maximum absolute atomic E-state index is 11.0. The van der Waals surface area contributed by atoms with Crippen LogP contribution in [0.3, 0.4) is 0 Å². The molecule has 70 valence electrons. The van der Waals surface area contributed by atoms with Crippen LogP contribution in [0.25, 0.3) is 0 Å². The van der Waals surface area contributed by atoms with Crippen molar-refractivity contribution in [3.8, 4) is 0 Å². The van der Waals surface area contributed by atoms with Crippen molar-refractivity contribution < 1.29 is 4.74 Å². The first-order chi connectivity index (χ1) is 6.24. The molecule has 1 aromatic heterocycles. The number of H-pyrrole nitrogens is 1. The Morgan fingerprint density at radius 2 is 2.62 bits per heavy atom. The van der Waals surface area contributed by atoms with Gasteiger partial charge < -0.3 is 9.72 Å². The van der Waals surface area contributed by atoms with E-state index in [0.717, 1.165) is 18.1 Å². The van der Waals surface area contributed by atoms with E-state index in [1.807, 2.05) is 6.92 Å². The Morgan fingerprint density at radius 1 is 1.85 bits per heavy atom. The van der Waals surface area contributed by atoms with Crippen LogP contribution in [0.1, 0.15) is 5.69 Å². The summed E-state index contributed by atoms with van der Waals surface area (Å²) in [6.07, 6.45) is 0.357. The molecule has 4 nitrogen and oxygen atoms in total. The van der Waals surface area contributed by atoms with Crippen molar-refractivity contribution in [1.82, 2.24) is 9.97 Å². The summed E-state index contributed by atoms with van der Waals surface area (Å²) in [5, 5.41) is 0.681. The van der Waals surface area contributed by atoms with E-state index in [1.54, 1.807) is 0 Å². The number of aryl methyl sites for hydroxylation is 1. The molecule has 13 heavy (non-hydrogen) atoms. The average Bonchev–Trinajstić information content (AvgIpc) is 2.81. The molecule has 1 saturated heterocycles. The molecule has 0 unspecified atom stereocenters. The number of nitrogens with zero attached hydrogens (tertiary/aromatic N) is 1. The van der Waals surface area contributed by atoms with Crippen LogP contribution in [0.5, 0.6) is 0 Å². The van der Waals surface area contributed by atoms with Crippen molar-refractivity contribution in [1.29, 1.82) is 0 Å². The van der Waals surface area contributed by atoms with E-state index in [1.165, 1.54) is 17.8 Å². The van der Waals surface area contributed by atoms with Gasteiger partial charge in [-0.2, -0.15) is 0 Å². The predicted molar refractivity (Wildman–Crippen MR) is 50.1 cm³/mol. The third-order valence-corrected chi connectivity index (χ3v) is 2.66. The Hall–Kier alpha value is -0.810. The first-order valence-corrected chi connectivity index (χ1v) is 5.05. The van der Waals surface area contributed by atoms with E-state index in [4.69, 9.17) is 4.74 Å². The normalized spacial score (nSPS) is 20.2. The molecule has 0 amide bonds. The Kier molecular flexibility index (Phi) is 2.37. The van der Waals surface area contributed by atoms with E-state index in [2.05, 4.69) is 9.97 Å². The largest absolute Gasteiger partial charge is 0.372 e. The quantitative estimate of drug-likeness (QED) is 0.438. The Bertz CT molecular complexity index is 359. The number of thioether (sulfide) groups is 1. The molecule has 1 aliphatic rings. The van der Waals surface area contributed by atoms with Crippen LogP contribution in [0, 0.1) is 6.92 Å². The smallest absolute Gasteiger partial charge is 0.251 e. The minimum atomic E-state index is -0.0910. The van der Waals surface area contributed by atoms with Crippen LogP contribution in [0.2, 0.25) is 0 Å². The first-order valence-electron chi connectivity index (χ1n) is 4.06. The van der Waals surface area contributed by atoms with Gasteiger partial charge in [-0.05, 0) is 6.92 Å². The van der Waals surface area contributed by atoms with Gasteiger partial charge in [-0.1, -0.05) is 11.8 Å². The van der Waals surface area contributed by atoms with Crippen molar-refractivity contribution in [3.05, 3.63) is 22.1 Å². The zero-order valence-electron chi connectivity index (χ0n) is 7.24. The highest BCUT2D eigenvalue weighted by atomic mass is 32.2. The molecule has 0 bridgehead atoms. The second-order valence-electron chi connectivity index (χ2n) is 2.96. The average molecular weight is 198 g/mol. The standard InChI is InChI=1S/C8H10N2O2S/c1-5-2-7(11)10-8(9-5)13-4-6-3-12-6/h2,6H,3-4H2,1H3,(H,9,10,11)/t6-/m0/s1. The van der Waals surface area contributed by atoms with Crippen LogP contribution in [-0.4, -0.2) is 28.4 Å². The molecule has 2 heterocycles. The third kappa shape index (κ3) is 2.57. The van der Waals surface area contributed by atoms with Crippen LogP contribution in [0.15, 0.2) is 16.0 Å². The number of epoxide rings is 1. The van der Waals surface area contributed by atoms with E-state index >= 15 is 0 Å². The number of ether oxygens (including phenoxy) is 1. The summed E-state index contributed by atoms with van der Waals surface area (Å²) in [6.45, 7) is 2.65. The topological polar surface area (TPSA) is 58.3 Å². The van der Waals surface area contributed by atoms with E-state index in [9.17, 15) is 4.79 Å². The predicted octanol–water partition coefficient (Wildman–Crippen LogP) is 0.569. The van der Waals surface area contributed by atoms with Gasteiger partial charge in [0.1, 0.15) is 0 Å². The van der Waals surface area contributed by atoms with Gasteiger partial charge in [0.2, 0.25) is 0 Å². The zero-order valence-corrected chi connectivity index (χ0v) is 8.06. The Labute approximate surface area is 79.7 Å². The minimum Gasteiger partial charge on any atom is -0.372 e. The summed E-state index contributed by atoms with van der Waals surface area (Å²) in [4.78, 5) is 17.9. The van der Waals surface area contributed by atoms with Gasteiger partial charge in [0, 0.05) is 17.5 Å². The van der Waals surface area contributed by atoms with E-state index in [-0.39, 0.29) is 5.56 Å². The van der Waals surface area contributed by atoms with Gasteiger partial charge in [0.15, 0.2) is 5.16 Å². The van der Waals surface area contributed by atoms with Crippen molar-refractivity contribution in [2.24, 2.45) is 0 Å². The zero-order chi connectivity index (χ0) is 9.26. The number of aromatic amines is 1. The molecule has 0 aromatic carbocycles. The molecule has 1 aliphatic heterocycles. The molecule has 2 rings (SSSR count). The monoisotopic (exact) mass is 198 g/mol. The molecule has 0 spiro atoms. The minimum absolute atomic E-state index is 0.0910. The molecule has 0 radical (unpaired) electrons. The fourth-order valence-corrected chi connectivity index (χ4v) is 1.87. The van der Waals surface area contributed by atoms with E-state index < -0.39 is 0 Å². The van der Waals surface area contributed by atoms with Gasteiger partial charge >= 0.3 is 0 Å². The third-order valence-electron chi connectivity index (χ3n) is 1.66. The lowest BCUT2D eigenvalue weighted by molar-refractivity contribution is 0.426. The second kappa shape index (κ2) is 3.51. The van der Waals surface area contributed by atoms with Crippen molar-refractivity contribution in [3.63, 3.8) is 0 Å². The highest BCUT2D eigenvalue weighted by Crippen LogP contribution is 2.19. The summed E-state index contributed by atoms with van der Waals surface area (Å²) in [7, 11) is 0. The van der Waals surface area contributed by atoms with Crippen molar-refractivity contribution in [2.75, 3.05) is 12.4 Å². The van der Waals surface area contributed by atoms with Gasteiger partial charge in [-0.15, -0.1) is 0 Å². The van der Waals surface area contributed by atoms with Gasteiger partial charge in [0.05, 0.1) is 12.7 Å². The van der Waals surface area contributed by atoms with Crippen LogP contribution >= 0.6 is 11.8 Å². The molecular formula is C8H10N2O2S. The van der Waals surface area contributed by atoms with Gasteiger partial charge in [-0.25, -0.2) is 4.98 Å². The summed E-state index contributed by atoms with van der Waals surface area (Å²) in [5.74, 6) is 0.867. The molecular weight excluding hydrogens is 188 g/mol. The Balaban J connectivity index is 2.05. The van der Waals surface area contributed by atoms with Gasteiger partial charge in [-0.3, -0.25) is 4.79 Å². The molecule has 5 heteroatoms. The first kappa shape index (κ1) is 8.77. The lowest BCUT2D eigenvalue weighted by Gasteiger charge is -1.98. The fourth-order valence-electron chi connectivity index (χ4n) is 0.956. The molecule has 1 aromatic rings. The molecule has 0 aliphatic carbocycles. The lowest BCUT2D eigenvalue weighted by Crippen LogP contribution is -2.08. The highest BCUT2D eigenvalue weighted by molar-refractivity contribution is 7.99.